The van der Waals surface area contributed by atoms with E-state index in [9.17, 15) is 8.78 Å². The van der Waals surface area contributed by atoms with Gasteiger partial charge in [-0.15, -0.1) is 0 Å². The van der Waals surface area contributed by atoms with Crippen molar-refractivity contribution in [2.75, 3.05) is 11.9 Å². The highest BCUT2D eigenvalue weighted by atomic mass is 19.1. The molecular formula is C16H15F2N. The van der Waals surface area contributed by atoms with Crippen LogP contribution in [-0.2, 0) is 12.8 Å². The van der Waals surface area contributed by atoms with Gasteiger partial charge in [-0.1, -0.05) is 18.2 Å². The van der Waals surface area contributed by atoms with E-state index >= 15 is 0 Å². The fourth-order valence-electron chi connectivity index (χ4n) is 2.64. The molecule has 1 N–H and O–H groups in total. The molecule has 0 spiro atoms. The van der Waals surface area contributed by atoms with Crippen LogP contribution in [0.2, 0.25) is 0 Å². The van der Waals surface area contributed by atoms with Gasteiger partial charge in [0.1, 0.15) is 11.6 Å². The average Bonchev–Trinajstić information content (AvgIpc) is 2.43. The molecule has 1 heterocycles. The van der Waals surface area contributed by atoms with E-state index in [1.165, 1.54) is 23.8 Å². The maximum absolute atomic E-state index is 13.7. The summed E-state index contributed by atoms with van der Waals surface area (Å²) < 4.78 is 27.4. The van der Waals surface area contributed by atoms with Gasteiger partial charge in [0.2, 0.25) is 0 Å². The second-order valence-corrected chi connectivity index (χ2v) is 4.85. The number of rotatable bonds is 2. The van der Waals surface area contributed by atoms with E-state index in [2.05, 4.69) is 5.32 Å². The minimum absolute atomic E-state index is 0.154. The van der Waals surface area contributed by atoms with Crippen molar-refractivity contribution >= 4 is 5.69 Å². The largest absolute Gasteiger partial charge is 0.385 e. The Kier molecular flexibility index (Phi) is 3.20. The third-order valence-electron chi connectivity index (χ3n) is 3.62. The van der Waals surface area contributed by atoms with Gasteiger partial charge in [0.25, 0.3) is 0 Å². The minimum atomic E-state index is -0.471. The quantitative estimate of drug-likeness (QED) is 0.862. The molecule has 1 nitrogen and oxygen atoms in total. The highest BCUT2D eigenvalue weighted by Gasteiger charge is 2.15. The lowest BCUT2D eigenvalue weighted by molar-refractivity contribution is 0.561. The van der Waals surface area contributed by atoms with Gasteiger partial charge < -0.3 is 5.32 Å². The van der Waals surface area contributed by atoms with E-state index in [0.29, 0.717) is 6.42 Å². The maximum Gasteiger partial charge on any atom is 0.129 e. The highest BCUT2D eigenvalue weighted by Crippen LogP contribution is 2.28. The Morgan fingerprint density at radius 2 is 1.74 bits per heavy atom. The van der Waals surface area contributed by atoms with Crippen molar-refractivity contribution in [2.45, 2.75) is 19.3 Å². The molecule has 0 aliphatic carbocycles. The topological polar surface area (TPSA) is 12.0 Å². The van der Waals surface area contributed by atoms with E-state index in [0.717, 1.165) is 30.6 Å². The van der Waals surface area contributed by atoms with Gasteiger partial charge in [-0.3, -0.25) is 0 Å². The van der Waals surface area contributed by atoms with Gasteiger partial charge in [-0.25, -0.2) is 8.78 Å². The van der Waals surface area contributed by atoms with Gasteiger partial charge in [-0.2, -0.15) is 0 Å². The number of benzene rings is 2. The smallest absolute Gasteiger partial charge is 0.129 e. The minimum Gasteiger partial charge on any atom is -0.385 e. The van der Waals surface area contributed by atoms with Crippen molar-refractivity contribution in [1.82, 2.24) is 0 Å². The summed E-state index contributed by atoms with van der Waals surface area (Å²) in [4.78, 5) is 0. The molecule has 0 amide bonds. The number of hydrogen-bond acceptors (Lipinski definition) is 1. The molecule has 0 saturated carbocycles. The number of fused-ring (bicyclic) bond motifs is 1. The first kappa shape index (κ1) is 12.2. The van der Waals surface area contributed by atoms with E-state index in [-0.39, 0.29) is 5.56 Å². The van der Waals surface area contributed by atoms with Crippen LogP contribution in [0.3, 0.4) is 0 Å². The van der Waals surface area contributed by atoms with Gasteiger partial charge in [0.15, 0.2) is 0 Å². The van der Waals surface area contributed by atoms with Crippen LogP contribution in [0, 0.1) is 11.6 Å². The third-order valence-corrected chi connectivity index (χ3v) is 3.62. The molecule has 98 valence electrons. The fourth-order valence-corrected chi connectivity index (χ4v) is 2.64. The molecule has 2 aromatic rings. The van der Waals surface area contributed by atoms with Gasteiger partial charge in [0.05, 0.1) is 0 Å². The zero-order chi connectivity index (χ0) is 13.2. The molecule has 1 aliphatic heterocycles. The summed E-state index contributed by atoms with van der Waals surface area (Å²) in [7, 11) is 0. The SMILES string of the molecule is Fc1cccc(F)c1Cc1cccc2c1CCCN2. The van der Waals surface area contributed by atoms with Crippen LogP contribution in [0.4, 0.5) is 14.5 Å². The van der Waals surface area contributed by atoms with Crippen LogP contribution >= 0.6 is 0 Å². The Morgan fingerprint density at radius 1 is 1.00 bits per heavy atom. The van der Waals surface area contributed by atoms with Crippen LogP contribution in [-0.4, -0.2) is 6.54 Å². The first-order chi connectivity index (χ1) is 9.25. The molecule has 3 heteroatoms. The van der Waals surface area contributed by atoms with Crippen LogP contribution in [0.1, 0.15) is 23.1 Å². The zero-order valence-corrected chi connectivity index (χ0v) is 10.5. The Hall–Kier alpha value is -1.90. The zero-order valence-electron chi connectivity index (χ0n) is 10.5. The number of anilines is 1. The maximum atomic E-state index is 13.7. The predicted octanol–water partition coefficient (Wildman–Crippen LogP) is 3.91. The van der Waals surface area contributed by atoms with Crippen molar-refractivity contribution in [2.24, 2.45) is 0 Å². The van der Waals surface area contributed by atoms with Gasteiger partial charge in [0, 0.05) is 24.2 Å². The molecule has 0 saturated heterocycles. The standard InChI is InChI=1S/C16H15F2N/c17-14-6-2-7-15(18)13(14)10-11-4-1-8-16-12(11)5-3-9-19-16/h1-2,4,6-8,19H,3,5,9-10H2. The van der Waals surface area contributed by atoms with E-state index in [1.807, 2.05) is 18.2 Å². The summed E-state index contributed by atoms with van der Waals surface area (Å²) in [6.45, 7) is 0.963. The Bertz CT molecular complexity index is 587. The van der Waals surface area contributed by atoms with Crippen molar-refractivity contribution in [1.29, 1.82) is 0 Å². The van der Waals surface area contributed by atoms with Crippen molar-refractivity contribution in [3.05, 3.63) is 64.7 Å². The normalized spacial score (nSPS) is 13.8. The molecule has 19 heavy (non-hydrogen) atoms. The molecule has 0 fully saturated rings. The summed E-state index contributed by atoms with van der Waals surface area (Å²) >= 11 is 0. The lowest BCUT2D eigenvalue weighted by atomic mass is 9.93. The average molecular weight is 259 g/mol. The summed E-state index contributed by atoms with van der Waals surface area (Å²) in [5, 5.41) is 3.33. The summed E-state index contributed by atoms with van der Waals surface area (Å²) in [5.74, 6) is -0.942. The molecule has 0 atom stereocenters. The van der Waals surface area contributed by atoms with Gasteiger partial charge in [-0.05, 0) is 42.2 Å². The lowest BCUT2D eigenvalue weighted by Gasteiger charge is -2.21. The number of nitrogens with one attached hydrogen (secondary N) is 1. The second kappa shape index (κ2) is 5.00. The van der Waals surface area contributed by atoms with Crippen molar-refractivity contribution in [3.8, 4) is 0 Å². The number of hydrogen-bond donors (Lipinski definition) is 1. The highest BCUT2D eigenvalue weighted by molar-refractivity contribution is 5.57. The molecule has 0 unspecified atom stereocenters. The number of halogens is 2. The van der Waals surface area contributed by atoms with Crippen molar-refractivity contribution < 1.29 is 8.78 Å². The Labute approximate surface area is 111 Å². The monoisotopic (exact) mass is 259 g/mol. The first-order valence-corrected chi connectivity index (χ1v) is 6.53. The summed E-state index contributed by atoms with van der Waals surface area (Å²) in [6, 6.07) is 9.94. The predicted molar refractivity (Wildman–Crippen MR) is 72.4 cm³/mol. The molecule has 3 rings (SSSR count). The first-order valence-electron chi connectivity index (χ1n) is 6.53. The summed E-state index contributed by atoms with van der Waals surface area (Å²) in [6.07, 6.45) is 2.34. The summed E-state index contributed by atoms with van der Waals surface area (Å²) in [5.41, 5.74) is 3.45. The van der Waals surface area contributed by atoms with Gasteiger partial charge >= 0.3 is 0 Å². The second-order valence-electron chi connectivity index (χ2n) is 4.85. The molecular weight excluding hydrogens is 244 g/mol. The molecule has 0 bridgehead atoms. The van der Waals surface area contributed by atoms with E-state index in [4.69, 9.17) is 0 Å². The third kappa shape index (κ3) is 2.33. The van der Waals surface area contributed by atoms with E-state index in [1.54, 1.807) is 0 Å². The Balaban J connectivity index is 2.00. The molecule has 0 radical (unpaired) electrons. The van der Waals surface area contributed by atoms with E-state index < -0.39 is 11.6 Å². The fraction of sp³-hybridized carbons (Fsp3) is 0.250. The Morgan fingerprint density at radius 3 is 2.53 bits per heavy atom. The van der Waals surface area contributed by atoms with Crippen LogP contribution < -0.4 is 5.32 Å². The molecule has 2 aromatic carbocycles. The molecule has 0 aromatic heterocycles. The van der Waals surface area contributed by atoms with Crippen LogP contribution in [0.25, 0.3) is 0 Å². The lowest BCUT2D eigenvalue weighted by Crippen LogP contribution is -2.14. The van der Waals surface area contributed by atoms with Crippen LogP contribution in [0.15, 0.2) is 36.4 Å². The van der Waals surface area contributed by atoms with Crippen molar-refractivity contribution in [3.63, 3.8) is 0 Å². The van der Waals surface area contributed by atoms with Crippen LogP contribution in [0.5, 0.6) is 0 Å². The molecule has 1 aliphatic rings.